The first-order valence-electron chi connectivity index (χ1n) is 5.98. The molecule has 4 nitrogen and oxygen atoms in total. The highest BCUT2D eigenvalue weighted by Crippen LogP contribution is 2.32. The van der Waals surface area contributed by atoms with Crippen LogP contribution in [0, 0.1) is 0 Å². The Morgan fingerprint density at radius 2 is 2.22 bits per heavy atom. The highest BCUT2D eigenvalue weighted by molar-refractivity contribution is 5.82. The van der Waals surface area contributed by atoms with Gasteiger partial charge < -0.3 is 10.1 Å². The van der Waals surface area contributed by atoms with Gasteiger partial charge in [0.05, 0.1) is 12.6 Å². The normalized spacial score (nSPS) is 18.9. The number of aromatic nitrogens is 1. The molecule has 0 bridgehead atoms. The number of methoxy groups -OCH3 is 1. The van der Waals surface area contributed by atoms with Crippen molar-refractivity contribution in [2.45, 2.75) is 12.3 Å². The number of hydrogen-bond acceptors (Lipinski definition) is 3. The molecule has 0 spiro atoms. The van der Waals surface area contributed by atoms with Gasteiger partial charge in [0, 0.05) is 29.8 Å². The fourth-order valence-corrected chi connectivity index (χ4v) is 2.40. The largest absolute Gasteiger partial charge is 0.481 e. The molecule has 3 rings (SSSR count). The van der Waals surface area contributed by atoms with Crippen LogP contribution in [0.2, 0.25) is 0 Å². The molecular weight excluding hydrogens is 228 g/mol. The summed E-state index contributed by atoms with van der Waals surface area (Å²) in [4.78, 5) is 15.8. The van der Waals surface area contributed by atoms with E-state index in [2.05, 4.69) is 16.4 Å². The lowest BCUT2D eigenvalue weighted by molar-refractivity contribution is -0.119. The average Bonchev–Trinajstić information content (AvgIpc) is 2.83. The number of benzene rings is 1. The SMILES string of the molecule is COc1nc2ccccc2cc1C1CNC(=O)C1. The first-order valence-corrected chi connectivity index (χ1v) is 5.98. The van der Waals surface area contributed by atoms with Gasteiger partial charge in [0.25, 0.3) is 0 Å². The molecule has 1 atom stereocenters. The van der Waals surface area contributed by atoms with Crippen molar-refractivity contribution in [1.82, 2.24) is 10.3 Å². The molecule has 1 aromatic heterocycles. The predicted octanol–water partition coefficient (Wildman–Crippen LogP) is 1.85. The number of nitrogens with zero attached hydrogens (tertiary/aromatic N) is 1. The smallest absolute Gasteiger partial charge is 0.220 e. The fourth-order valence-electron chi connectivity index (χ4n) is 2.40. The number of para-hydroxylation sites is 1. The van der Waals surface area contributed by atoms with Gasteiger partial charge in [-0.25, -0.2) is 4.98 Å². The number of rotatable bonds is 2. The van der Waals surface area contributed by atoms with Crippen molar-refractivity contribution in [2.24, 2.45) is 0 Å². The van der Waals surface area contributed by atoms with Crippen LogP contribution in [-0.2, 0) is 4.79 Å². The second kappa shape index (κ2) is 4.29. The van der Waals surface area contributed by atoms with Crippen molar-refractivity contribution < 1.29 is 9.53 Å². The standard InChI is InChI=1S/C14H14N2O2/c1-18-14-11(10-7-13(17)15-8-10)6-9-4-2-3-5-12(9)16-14/h2-6,10H,7-8H2,1H3,(H,15,17). The molecule has 1 fully saturated rings. The van der Waals surface area contributed by atoms with Gasteiger partial charge in [-0.1, -0.05) is 18.2 Å². The van der Waals surface area contributed by atoms with Crippen LogP contribution in [-0.4, -0.2) is 24.5 Å². The molecule has 4 heteroatoms. The Labute approximate surface area is 105 Å². The average molecular weight is 242 g/mol. The molecule has 1 aliphatic rings. The van der Waals surface area contributed by atoms with Crippen LogP contribution < -0.4 is 10.1 Å². The maximum Gasteiger partial charge on any atom is 0.220 e. The Hall–Kier alpha value is -2.10. The van der Waals surface area contributed by atoms with E-state index in [1.807, 2.05) is 24.3 Å². The number of amides is 1. The van der Waals surface area contributed by atoms with Crippen LogP contribution in [0.15, 0.2) is 30.3 Å². The summed E-state index contributed by atoms with van der Waals surface area (Å²) in [5.41, 5.74) is 1.92. The molecular formula is C14H14N2O2. The zero-order valence-electron chi connectivity index (χ0n) is 10.1. The maximum absolute atomic E-state index is 11.3. The quantitative estimate of drug-likeness (QED) is 0.874. The summed E-state index contributed by atoms with van der Waals surface area (Å²) in [6.07, 6.45) is 0.510. The van der Waals surface area contributed by atoms with Gasteiger partial charge in [0.15, 0.2) is 0 Å². The topological polar surface area (TPSA) is 51.2 Å². The summed E-state index contributed by atoms with van der Waals surface area (Å²) < 4.78 is 5.35. The van der Waals surface area contributed by atoms with Crippen molar-refractivity contribution >= 4 is 16.8 Å². The number of ether oxygens (including phenoxy) is 1. The Bertz CT molecular complexity index is 610. The van der Waals surface area contributed by atoms with E-state index in [1.54, 1.807) is 7.11 Å². The van der Waals surface area contributed by atoms with Crippen LogP contribution in [0.25, 0.3) is 10.9 Å². The number of pyridine rings is 1. The molecule has 2 aromatic rings. The lowest BCUT2D eigenvalue weighted by Gasteiger charge is -2.13. The summed E-state index contributed by atoms with van der Waals surface area (Å²) in [5.74, 6) is 0.870. The van der Waals surface area contributed by atoms with Crippen LogP contribution in [0.1, 0.15) is 17.9 Å². The van der Waals surface area contributed by atoms with Gasteiger partial charge in [0.1, 0.15) is 0 Å². The molecule has 1 aromatic carbocycles. The Morgan fingerprint density at radius 1 is 1.39 bits per heavy atom. The minimum atomic E-state index is 0.0928. The Morgan fingerprint density at radius 3 is 2.94 bits per heavy atom. The van der Waals surface area contributed by atoms with Gasteiger partial charge in [-0.15, -0.1) is 0 Å². The molecule has 1 unspecified atom stereocenters. The van der Waals surface area contributed by atoms with Gasteiger partial charge in [-0.3, -0.25) is 4.79 Å². The molecule has 1 saturated heterocycles. The third kappa shape index (κ3) is 1.79. The molecule has 1 amide bonds. The van der Waals surface area contributed by atoms with Crippen molar-refractivity contribution in [3.05, 3.63) is 35.9 Å². The van der Waals surface area contributed by atoms with E-state index in [4.69, 9.17) is 4.74 Å². The summed E-state index contributed by atoms with van der Waals surface area (Å²) in [7, 11) is 1.62. The molecule has 0 saturated carbocycles. The molecule has 0 aliphatic carbocycles. The number of hydrogen-bond donors (Lipinski definition) is 1. The first-order chi connectivity index (χ1) is 8.78. The summed E-state index contributed by atoms with van der Waals surface area (Å²) in [6, 6.07) is 9.99. The van der Waals surface area contributed by atoms with E-state index < -0.39 is 0 Å². The first kappa shape index (κ1) is 11.0. The predicted molar refractivity (Wildman–Crippen MR) is 68.7 cm³/mol. The van der Waals surface area contributed by atoms with Crippen LogP contribution in [0.4, 0.5) is 0 Å². The van der Waals surface area contributed by atoms with Gasteiger partial charge in [-0.2, -0.15) is 0 Å². The highest BCUT2D eigenvalue weighted by Gasteiger charge is 2.26. The lowest BCUT2D eigenvalue weighted by Crippen LogP contribution is -2.13. The minimum absolute atomic E-state index is 0.0928. The van der Waals surface area contributed by atoms with Crippen molar-refractivity contribution in [2.75, 3.05) is 13.7 Å². The molecule has 2 heterocycles. The second-order valence-electron chi connectivity index (χ2n) is 4.48. The zero-order chi connectivity index (χ0) is 12.5. The minimum Gasteiger partial charge on any atom is -0.481 e. The Kier molecular flexibility index (Phi) is 2.63. The highest BCUT2D eigenvalue weighted by atomic mass is 16.5. The molecule has 18 heavy (non-hydrogen) atoms. The lowest BCUT2D eigenvalue weighted by atomic mass is 9.98. The van der Waals surface area contributed by atoms with Gasteiger partial charge >= 0.3 is 0 Å². The number of fused-ring (bicyclic) bond motifs is 1. The third-order valence-corrected chi connectivity index (χ3v) is 3.33. The molecule has 92 valence electrons. The van der Waals surface area contributed by atoms with Crippen LogP contribution in [0.5, 0.6) is 5.88 Å². The summed E-state index contributed by atoms with van der Waals surface area (Å²) >= 11 is 0. The molecule has 1 N–H and O–H groups in total. The monoisotopic (exact) mass is 242 g/mol. The number of nitrogens with one attached hydrogen (secondary N) is 1. The third-order valence-electron chi connectivity index (χ3n) is 3.33. The van der Waals surface area contributed by atoms with Gasteiger partial charge in [0.2, 0.25) is 11.8 Å². The van der Waals surface area contributed by atoms with E-state index >= 15 is 0 Å². The van der Waals surface area contributed by atoms with Gasteiger partial charge in [-0.05, 0) is 12.1 Å². The second-order valence-corrected chi connectivity index (χ2v) is 4.48. The fraction of sp³-hybridized carbons (Fsp3) is 0.286. The number of carbonyl (C=O) groups is 1. The van der Waals surface area contributed by atoms with Crippen molar-refractivity contribution in [1.29, 1.82) is 0 Å². The zero-order valence-corrected chi connectivity index (χ0v) is 10.1. The maximum atomic E-state index is 11.3. The van der Waals surface area contributed by atoms with E-state index in [1.165, 1.54) is 0 Å². The van der Waals surface area contributed by atoms with Crippen LogP contribution in [0.3, 0.4) is 0 Å². The Balaban J connectivity index is 2.11. The van der Waals surface area contributed by atoms with Crippen molar-refractivity contribution in [3.63, 3.8) is 0 Å². The summed E-state index contributed by atoms with van der Waals surface area (Å²) in [6.45, 7) is 0.662. The van der Waals surface area contributed by atoms with Crippen molar-refractivity contribution in [3.8, 4) is 5.88 Å². The van der Waals surface area contributed by atoms with E-state index in [0.29, 0.717) is 18.8 Å². The molecule has 0 radical (unpaired) electrons. The van der Waals surface area contributed by atoms with E-state index in [0.717, 1.165) is 16.5 Å². The van der Waals surface area contributed by atoms with E-state index in [9.17, 15) is 4.79 Å². The van der Waals surface area contributed by atoms with E-state index in [-0.39, 0.29) is 11.8 Å². The number of carbonyl (C=O) groups excluding carboxylic acids is 1. The molecule has 1 aliphatic heterocycles. The summed E-state index contributed by atoms with van der Waals surface area (Å²) in [5, 5.41) is 3.92. The van der Waals surface area contributed by atoms with Crippen LogP contribution >= 0.6 is 0 Å².